The zero-order chi connectivity index (χ0) is 49.8. The summed E-state index contributed by atoms with van der Waals surface area (Å²) in [5.41, 5.74) is 4.16. The van der Waals surface area contributed by atoms with Gasteiger partial charge >= 0.3 is 5.82 Å². The molecule has 21 heteroatoms. The van der Waals surface area contributed by atoms with E-state index in [1.807, 2.05) is 87.2 Å². The molecule has 0 bridgehead atoms. The van der Waals surface area contributed by atoms with E-state index in [0.29, 0.717) is 58.3 Å². The van der Waals surface area contributed by atoms with Crippen LogP contribution in [0.2, 0.25) is 5.02 Å². The first kappa shape index (κ1) is 52.0. The average Bonchev–Trinajstić information content (AvgIpc) is 3.78. The molecule has 3 N–H and O–H groups in total. The number of allylic oxidation sites excluding steroid dienone is 6. The average molecular weight is 1010 g/mol. The summed E-state index contributed by atoms with van der Waals surface area (Å²) in [5, 5.41) is 3.17. The summed E-state index contributed by atoms with van der Waals surface area (Å²) in [6.45, 7) is 8.27. The van der Waals surface area contributed by atoms with Gasteiger partial charge in [-0.1, -0.05) is 61.9 Å². The topological polar surface area (TPSA) is 252 Å². The Labute approximate surface area is 402 Å². The second kappa shape index (κ2) is 20.7. The zero-order valence-electron chi connectivity index (χ0n) is 38.0. The minimum Gasteiger partial charge on any atom is -0.744 e. The van der Waals surface area contributed by atoms with Gasteiger partial charge in [0, 0.05) is 61.4 Å². The van der Waals surface area contributed by atoms with Crippen molar-refractivity contribution >= 4 is 82.5 Å². The van der Waals surface area contributed by atoms with E-state index in [1.54, 1.807) is 10.8 Å². The highest BCUT2D eigenvalue weighted by atomic mass is 35.5. The number of hydrogen-bond donors (Lipinski definition) is 3. The van der Waals surface area contributed by atoms with E-state index >= 15 is 0 Å². The van der Waals surface area contributed by atoms with Crippen LogP contribution in [0, 0.1) is 0 Å². The first-order valence-electron chi connectivity index (χ1n) is 21.9. The first-order valence-corrected chi connectivity index (χ1v) is 26.9. The number of aliphatic imine (C=N–C) groups is 1. The smallest absolute Gasteiger partial charge is 0.327 e. The molecule has 0 aliphatic carbocycles. The van der Waals surface area contributed by atoms with Crippen molar-refractivity contribution < 1.29 is 57.9 Å². The van der Waals surface area contributed by atoms with Crippen LogP contribution >= 0.6 is 11.6 Å². The molecule has 0 radical (unpaired) electrons. The van der Waals surface area contributed by atoms with E-state index in [4.69, 9.17) is 16.6 Å². The van der Waals surface area contributed by atoms with Gasteiger partial charge in [-0.15, -0.1) is 0 Å². The van der Waals surface area contributed by atoms with E-state index < -0.39 is 69.4 Å². The van der Waals surface area contributed by atoms with Crippen LogP contribution in [-0.4, -0.2) is 98.4 Å². The quantitative estimate of drug-likeness (QED) is 0.0391. The van der Waals surface area contributed by atoms with Crippen LogP contribution in [0.4, 0.5) is 11.5 Å². The van der Waals surface area contributed by atoms with Crippen LogP contribution < -0.4 is 14.8 Å². The number of halogens is 1. The maximum Gasteiger partial charge on any atom is 0.327 e. The molecule has 0 saturated heterocycles. The molecule has 0 spiro atoms. The van der Waals surface area contributed by atoms with E-state index in [-0.39, 0.29) is 51.3 Å². The molecule has 3 aliphatic heterocycles. The molecule has 3 aromatic rings. The Morgan fingerprint density at radius 1 is 0.853 bits per heavy atom. The second-order valence-electron chi connectivity index (χ2n) is 17.8. The zero-order valence-corrected chi connectivity index (χ0v) is 41.2. The molecule has 4 heterocycles. The van der Waals surface area contributed by atoms with Crippen molar-refractivity contribution in [1.29, 1.82) is 0 Å². The number of aromatic nitrogens is 1. The lowest BCUT2D eigenvalue weighted by Gasteiger charge is -2.27. The number of benzene rings is 2. The Kier molecular flexibility index (Phi) is 15.8. The normalized spacial score (nSPS) is 17.4. The third-order valence-corrected chi connectivity index (χ3v) is 14.8. The number of amides is 3. The molecule has 3 amide bonds. The van der Waals surface area contributed by atoms with Crippen LogP contribution in [0.15, 0.2) is 107 Å². The van der Waals surface area contributed by atoms with Gasteiger partial charge in [0.2, 0.25) is 5.91 Å². The third kappa shape index (κ3) is 12.8. The number of unbranched alkanes of at least 4 members (excludes halogenated alkanes) is 1. The maximum atomic E-state index is 12.6. The van der Waals surface area contributed by atoms with Crippen LogP contribution in [0.5, 0.6) is 0 Å². The number of anilines is 1. The highest BCUT2D eigenvalue weighted by molar-refractivity contribution is 7.86. The van der Waals surface area contributed by atoms with E-state index in [2.05, 4.69) is 5.32 Å². The summed E-state index contributed by atoms with van der Waals surface area (Å²) in [5.74, 6) is -1.41. The Hall–Kier alpha value is -5.35. The number of nitrogens with zero attached hydrogens (tertiary/aromatic N) is 4. The van der Waals surface area contributed by atoms with Crippen LogP contribution in [0.25, 0.3) is 5.57 Å². The molecule has 0 unspecified atom stereocenters. The first-order chi connectivity index (χ1) is 31.7. The molecule has 0 atom stereocenters. The largest absolute Gasteiger partial charge is 0.744 e. The minimum atomic E-state index is -4.82. The molecule has 6 rings (SSSR count). The number of imide groups is 1. The highest BCUT2D eigenvalue weighted by Crippen LogP contribution is 2.49. The number of carbonyl (C=O) groups is 3. The fourth-order valence-corrected chi connectivity index (χ4v) is 10.2. The van der Waals surface area contributed by atoms with Gasteiger partial charge in [-0.25, -0.2) is 13.0 Å². The van der Waals surface area contributed by atoms with Crippen LogP contribution in [-0.2, 0) is 68.5 Å². The number of hydrogen-bond acceptors (Lipinski definition) is 12. The van der Waals surface area contributed by atoms with Gasteiger partial charge < -0.3 is 14.8 Å². The number of fused-ring (bicyclic) bond motifs is 2. The minimum absolute atomic E-state index is 0.0289. The molecule has 2 aromatic carbocycles. The van der Waals surface area contributed by atoms with Gasteiger partial charge in [0.15, 0.2) is 5.71 Å². The van der Waals surface area contributed by atoms with Crippen molar-refractivity contribution in [2.24, 2.45) is 4.99 Å². The Morgan fingerprint density at radius 3 is 2.22 bits per heavy atom. The fourth-order valence-electron chi connectivity index (χ4n) is 8.52. The molecule has 17 nitrogen and oxygen atoms in total. The molecule has 3 aliphatic rings. The van der Waals surface area contributed by atoms with Crippen molar-refractivity contribution in [3.8, 4) is 0 Å². The molecular formula is C47H54ClN5O12S3. The lowest BCUT2D eigenvalue weighted by atomic mass is 9.81. The standard InChI is InChI=1S/C47H54ClN5O12S3/c1-46(2)38-29-35(48)31-51(23-8-26-66(57,58)59)45(38)50-40(46)18-14-33(34-12-7-11-32(28-34)10-5-6-13-42(54)49-22-25-53-43(55)20-21-44(53)56)15-19-41-47(3,4)37-30-36(68(63,64)65)16-17-39(37)52(41)24-9-27-67(60,61)62/h7,11-12,14-21,28-31H,5-6,8-10,13,22-27H2,1-4H3,(H3-,49,54,57,58,59,60,61,62,63,64,65). The van der Waals surface area contributed by atoms with Crippen molar-refractivity contribution in [3.63, 3.8) is 0 Å². The van der Waals surface area contributed by atoms with Crippen molar-refractivity contribution in [3.05, 3.63) is 124 Å². The summed E-state index contributed by atoms with van der Waals surface area (Å²) < 4.78 is 104. The van der Waals surface area contributed by atoms with Crippen molar-refractivity contribution in [2.75, 3.05) is 36.0 Å². The number of aryl methyl sites for hydroxylation is 2. The van der Waals surface area contributed by atoms with Crippen molar-refractivity contribution in [1.82, 2.24) is 10.2 Å². The Balaban J connectivity index is 1.32. The van der Waals surface area contributed by atoms with Gasteiger partial charge in [0.1, 0.15) is 16.3 Å². The summed E-state index contributed by atoms with van der Waals surface area (Å²) in [4.78, 5) is 43.7. The summed E-state index contributed by atoms with van der Waals surface area (Å²) >= 11 is 6.56. The van der Waals surface area contributed by atoms with E-state index in [1.165, 1.54) is 30.4 Å². The number of carbonyl (C=O) groups excluding carboxylic acids is 3. The number of nitrogens with one attached hydrogen (secondary N) is 1. The maximum absolute atomic E-state index is 12.6. The highest BCUT2D eigenvalue weighted by Gasteiger charge is 2.43. The van der Waals surface area contributed by atoms with Crippen LogP contribution in [0.1, 0.15) is 82.1 Å². The molecule has 68 heavy (non-hydrogen) atoms. The molecular weight excluding hydrogens is 958 g/mol. The Bertz CT molecular complexity index is 3000. The van der Waals surface area contributed by atoms with Gasteiger partial charge in [-0.2, -0.15) is 16.8 Å². The van der Waals surface area contributed by atoms with Gasteiger partial charge in [-0.3, -0.25) is 28.4 Å². The lowest BCUT2D eigenvalue weighted by Crippen LogP contribution is -2.38. The molecule has 0 fully saturated rings. The fraction of sp³-hybridized carbons (Fsp3) is 0.383. The third-order valence-electron chi connectivity index (χ3n) is 12.1. The SMILES string of the molecule is CC1(C)C(=CC=C(C=CC2=Nc3c(cc(Cl)c[n+]3CCCS(=O)(=O)O)C2(C)C)c2cccc(CCCCC(=O)NCCN3C(=O)C=CC3=O)c2)N(CCCS(=O)(=O)O)c2ccc(S(=O)(=O)[O-])cc21. The predicted octanol–water partition coefficient (Wildman–Crippen LogP) is 5.53. The van der Waals surface area contributed by atoms with E-state index in [9.17, 15) is 53.3 Å². The molecule has 0 saturated carbocycles. The summed E-state index contributed by atoms with van der Waals surface area (Å²) in [7, 11) is -13.3. The summed E-state index contributed by atoms with van der Waals surface area (Å²) in [6, 6.07) is 13.7. The number of pyridine rings is 1. The lowest BCUT2D eigenvalue weighted by molar-refractivity contribution is -0.684. The Morgan fingerprint density at radius 2 is 1.54 bits per heavy atom. The second-order valence-corrected chi connectivity index (χ2v) is 22.8. The van der Waals surface area contributed by atoms with E-state index in [0.717, 1.165) is 21.6 Å². The van der Waals surface area contributed by atoms with Gasteiger partial charge in [0.25, 0.3) is 32.1 Å². The van der Waals surface area contributed by atoms with Gasteiger partial charge in [0.05, 0.1) is 38.9 Å². The predicted molar refractivity (Wildman–Crippen MR) is 257 cm³/mol. The van der Waals surface area contributed by atoms with Gasteiger partial charge in [-0.05, 0) is 103 Å². The van der Waals surface area contributed by atoms with Crippen LogP contribution in [0.3, 0.4) is 0 Å². The molecule has 364 valence electrons. The molecule has 1 aromatic heterocycles. The van der Waals surface area contributed by atoms with Crippen molar-refractivity contribution in [2.45, 2.75) is 88.5 Å². The monoisotopic (exact) mass is 1010 g/mol. The summed E-state index contributed by atoms with van der Waals surface area (Å²) in [6.07, 6.45) is 13.8. The number of rotatable bonds is 21.